The first-order chi connectivity index (χ1) is 8.33. The lowest BCUT2D eigenvalue weighted by atomic mass is 10.0. The van der Waals surface area contributed by atoms with E-state index >= 15 is 0 Å². The first-order valence-electron chi connectivity index (χ1n) is 6.85. The fraction of sp³-hybridized carbons (Fsp3) is 0.600. The third kappa shape index (κ3) is 2.32. The van der Waals surface area contributed by atoms with Gasteiger partial charge in [-0.1, -0.05) is 18.6 Å². The minimum Gasteiger partial charge on any atom is -0.508 e. The second kappa shape index (κ2) is 4.69. The number of hydrogen-bond acceptors (Lipinski definition) is 2. The molecule has 17 heavy (non-hydrogen) atoms. The van der Waals surface area contributed by atoms with Crippen molar-refractivity contribution in [2.45, 2.75) is 32.1 Å². The van der Waals surface area contributed by atoms with Crippen LogP contribution in [0.5, 0.6) is 5.75 Å². The Kier molecular flexibility index (Phi) is 3.06. The number of benzene rings is 1. The zero-order valence-corrected chi connectivity index (χ0v) is 10.4. The van der Waals surface area contributed by atoms with Gasteiger partial charge < -0.3 is 10.0 Å². The SMILES string of the molecule is Oc1cccc2c1CC(CN1CCCCC1)C2. The summed E-state index contributed by atoms with van der Waals surface area (Å²) in [5, 5.41) is 9.84. The number of fused-ring (bicyclic) bond motifs is 1. The van der Waals surface area contributed by atoms with Gasteiger partial charge in [0.2, 0.25) is 0 Å². The van der Waals surface area contributed by atoms with E-state index in [2.05, 4.69) is 11.0 Å². The third-order valence-electron chi connectivity index (χ3n) is 4.21. The summed E-state index contributed by atoms with van der Waals surface area (Å²) in [6, 6.07) is 5.96. The highest BCUT2D eigenvalue weighted by molar-refractivity contribution is 5.42. The predicted octanol–water partition coefficient (Wildman–Crippen LogP) is 2.59. The normalized spacial score (nSPS) is 24.8. The molecule has 92 valence electrons. The lowest BCUT2D eigenvalue weighted by Gasteiger charge is -2.28. The molecule has 1 aliphatic heterocycles. The number of phenolic OH excluding ortho intramolecular Hbond substituents is 1. The average Bonchev–Trinajstić information content (AvgIpc) is 2.74. The summed E-state index contributed by atoms with van der Waals surface area (Å²) in [6.07, 6.45) is 6.36. The van der Waals surface area contributed by atoms with Crippen LogP contribution in [0, 0.1) is 5.92 Å². The Balaban J connectivity index is 1.63. The van der Waals surface area contributed by atoms with Gasteiger partial charge in [0.05, 0.1) is 0 Å². The Hall–Kier alpha value is -1.02. The van der Waals surface area contributed by atoms with Crippen molar-refractivity contribution in [3.05, 3.63) is 29.3 Å². The van der Waals surface area contributed by atoms with Crippen molar-refractivity contribution in [3.63, 3.8) is 0 Å². The summed E-state index contributed by atoms with van der Waals surface area (Å²) in [7, 11) is 0. The van der Waals surface area contributed by atoms with Crippen LogP contribution in [0.25, 0.3) is 0 Å². The van der Waals surface area contributed by atoms with E-state index in [9.17, 15) is 5.11 Å². The molecule has 1 heterocycles. The average molecular weight is 231 g/mol. The second-order valence-corrected chi connectivity index (χ2v) is 5.55. The molecular formula is C15H21NO. The maximum Gasteiger partial charge on any atom is 0.119 e. The molecule has 0 radical (unpaired) electrons. The smallest absolute Gasteiger partial charge is 0.119 e. The van der Waals surface area contributed by atoms with Crippen LogP contribution in [-0.4, -0.2) is 29.6 Å². The van der Waals surface area contributed by atoms with E-state index in [1.54, 1.807) is 0 Å². The summed E-state index contributed by atoms with van der Waals surface area (Å²) in [4.78, 5) is 2.61. The highest BCUT2D eigenvalue weighted by atomic mass is 16.3. The van der Waals surface area contributed by atoms with Crippen molar-refractivity contribution < 1.29 is 5.11 Å². The minimum absolute atomic E-state index is 0.503. The van der Waals surface area contributed by atoms with Gasteiger partial charge in [-0.05, 0) is 61.9 Å². The lowest BCUT2D eigenvalue weighted by molar-refractivity contribution is 0.197. The van der Waals surface area contributed by atoms with Crippen LogP contribution in [0.3, 0.4) is 0 Å². The van der Waals surface area contributed by atoms with E-state index in [1.807, 2.05) is 12.1 Å². The molecule has 1 aromatic carbocycles. The Bertz CT molecular complexity index is 396. The summed E-state index contributed by atoms with van der Waals surface area (Å²) in [5.74, 6) is 1.22. The topological polar surface area (TPSA) is 23.5 Å². The minimum atomic E-state index is 0.503. The van der Waals surface area contributed by atoms with Gasteiger partial charge in [0.25, 0.3) is 0 Å². The van der Waals surface area contributed by atoms with Gasteiger partial charge in [-0.15, -0.1) is 0 Å². The molecule has 1 aliphatic carbocycles. The molecule has 2 nitrogen and oxygen atoms in total. The van der Waals surface area contributed by atoms with Crippen LogP contribution in [0.4, 0.5) is 0 Å². The molecule has 3 rings (SSSR count). The van der Waals surface area contributed by atoms with Crippen LogP contribution in [-0.2, 0) is 12.8 Å². The number of likely N-dealkylation sites (tertiary alicyclic amines) is 1. The molecule has 2 heteroatoms. The molecule has 1 fully saturated rings. The van der Waals surface area contributed by atoms with Crippen LogP contribution < -0.4 is 0 Å². The van der Waals surface area contributed by atoms with Crippen molar-refractivity contribution in [1.82, 2.24) is 4.90 Å². The van der Waals surface area contributed by atoms with E-state index < -0.39 is 0 Å². The first-order valence-corrected chi connectivity index (χ1v) is 6.85. The van der Waals surface area contributed by atoms with Crippen LogP contribution >= 0.6 is 0 Å². The molecule has 1 saturated heterocycles. The fourth-order valence-electron chi connectivity index (χ4n) is 3.36. The van der Waals surface area contributed by atoms with Crippen molar-refractivity contribution in [1.29, 1.82) is 0 Å². The lowest BCUT2D eigenvalue weighted by Crippen LogP contribution is -2.34. The molecule has 0 bridgehead atoms. The van der Waals surface area contributed by atoms with E-state index in [0.717, 1.165) is 18.8 Å². The number of rotatable bonds is 2. The molecule has 0 spiro atoms. The van der Waals surface area contributed by atoms with Crippen molar-refractivity contribution in [2.24, 2.45) is 5.92 Å². The molecule has 1 N–H and O–H groups in total. The predicted molar refractivity (Wildman–Crippen MR) is 69.3 cm³/mol. The van der Waals surface area contributed by atoms with E-state index in [0.29, 0.717) is 5.75 Å². The fourth-order valence-corrected chi connectivity index (χ4v) is 3.36. The number of phenols is 1. The number of hydrogen-bond donors (Lipinski definition) is 1. The summed E-state index contributed by atoms with van der Waals surface area (Å²) in [5.41, 5.74) is 2.57. The number of aromatic hydroxyl groups is 1. The molecule has 1 aromatic rings. The van der Waals surface area contributed by atoms with E-state index in [1.165, 1.54) is 50.0 Å². The summed E-state index contributed by atoms with van der Waals surface area (Å²) in [6.45, 7) is 3.77. The van der Waals surface area contributed by atoms with Crippen LogP contribution in [0.2, 0.25) is 0 Å². The van der Waals surface area contributed by atoms with Gasteiger partial charge in [-0.25, -0.2) is 0 Å². The van der Waals surface area contributed by atoms with Gasteiger partial charge in [-0.3, -0.25) is 0 Å². The molecule has 0 amide bonds. The second-order valence-electron chi connectivity index (χ2n) is 5.55. The molecule has 0 saturated carbocycles. The van der Waals surface area contributed by atoms with Crippen molar-refractivity contribution >= 4 is 0 Å². The zero-order chi connectivity index (χ0) is 11.7. The Morgan fingerprint density at radius 2 is 1.94 bits per heavy atom. The number of nitrogens with zero attached hydrogens (tertiary/aromatic N) is 1. The quantitative estimate of drug-likeness (QED) is 0.845. The van der Waals surface area contributed by atoms with Gasteiger partial charge >= 0.3 is 0 Å². The first kappa shape index (κ1) is 11.1. The molecule has 1 unspecified atom stereocenters. The van der Waals surface area contributed by atoms with Gasteiger partial charge in [-0.2, -0.15) is 0 Å². The third-order valence-corrected chi connectivity index (χ3v) is 4.21. The maximum absolute atomic E-state index is 9.84. The Morgan fingerprint density at radius 1 is 1.12 bits per heavy atom. The summed E-state index contributed by atoms with van der Waals surface area (Å²) >= 11 is 0. The summed E-state index contributed by atoms with van der Waals surface area (Å²) < 4.78 is 0. The monoisotopic (exact) mass is 231 g/mol. The Labute approximate surface area is 103 Å². The molecule has 0 aromatic heterocycles. The molecular weight excluding hydrogens is 210 g/mol. The highest BCUT2D eigenvalue weighted by Crippen LogP contribution is 2.33. The van der Waals surface area contributed by atoms with Crippen molar-refractivity contribution in [3.8, 4) is 5.75 Å². The highest BCUT2D eigenvalue weighted by Gasteiger charge is 2.25. The number of piperidine rings is 1. The standard InChI is InChI=1S/C15H21NO/c17-15-6-4-5-13-9-12(10-14(13)15)11-16-7-2-1-3-8-16/h4-6,12,17H,1-3,7-11H2. The Morgan fingerprint density at radius 3 is 2.71 bits per heavy atom. The molecule has 2 aliphatic rings. The maximum atomic E-state index is 9.84. The zero-order valence-electron chi connectivity index (χ0n) is 10.4. The van der Waals surface area contributed by atoms with E-state index in [-0.39, 0.29) is 0 Å². The van der Waals surface area contributed by atoms with Crippen LogP contribution in [0.15, 0.2) is 18.2 Å². The van der Waals surface area contributed by atoms with Gasteiger partial charge in [0, 0.05) is 6.54 Å². The van der Waals surface area contributed by atoms with E-state index in [4.69, 9.17) is 0 Å². The largest absolute Gasteiger partial charge is 0.508 e. The molecule has 1 atom stereocenters. The van der Waals surface area contributed by atoms with Crippen LogP contribution in [0.1, 0.15) is 30.4 Å². The van der Waals surface area contributed by atoms with Gasteiger partial charge in [0.1, 0.15) is 5.75 Å². The van der Waals surface area contributed by atoms with Crippen molar-refractivity contribution in [2.75, 3.05) is 19.6 Å². The van der Waals surface area contributed by atoms with Gasteiger partial charge in [0.15, 0.2) is 0 Å².